The van der Waals surface area contributed by atoms with Gasteiger partial charge in [0.15, 0.2) is 22.4 Å². The summed E-state index contributed by atoms with van der Waals surface area (Å²) in [7, 11) is 0. The van der Waals surface area contributed by atoms with E-state index in [0.717, 1.165) is 24.0 Å². The first kappa shape index (κ1) is 15.6. The Balaban J connectivity index is 1.67. The topological polar surface area (TPSA) is 61.3 Å². The summed E-state index contributed by atoms with van der Waals surface area (Å²) < 4.78 is 48.0. The number of ketones is 1. The number of rotatable bonds is 4. The average Bonchev–Trinajstić information content (AvgIpc) is 2.99. The second-order valence-corrected chi connectivity index (χ2v) is 5.44. The van der Waals surface area contributed by atoms with Crippen molar-refractivity contribution in [1.29, 1.82) is 0 Å². The summed E-state index contributed by atoms with van der Waals surface area (Å²) in [6, 6.07) is 5.51. The van der Waals surface area contributed by atoms with Crippen molar-refractivity contribution < 1.29 is 27.4 Å². The van der Waals surface area contributed by atoms with Crippen LogP contribution in [0.25, 0.3) is 0 Å². The molecule has 0 atom stereocenters. The quantitative estimate of drug-likeness (QED) is 0.483. The SMILES string of the molecule is O=C(CSc1nccc(C(F)(F)F)n1)c1ccc2c(c1)OCO2. The minimum atomic E-state index is -4.54. The normalized spacial score (nSPS) is 13.2. The van der Waals surface area contributed by atoms with E-state index in [1.165, 1.54) is 6.07 Å². The van der Waals surface area contributed by atoms with E-state index in [-0.39, 0.29) is 23.5 Å². The molecule has 2 aromatic rings. The van der Waals surface area contributed by atoms with Gasteiger partial charge in [0.25, 0.3) is 0 Å². The average molecular weight is 342 g/mol. The minimum Gasteiger partial charge on any atom is -0.454 e. The van der Waals surface area contributed by atoms with Crippen LogP contribution >= 0.6 is 11.8 Å². The lowest BCUT2D eigenvalue weighted by molar-refractivity contribution is -0.141. The molecule has 0 aliphatic carbocycles. The molecule has 120 valence electrons. The molecule has 23 heavy (non-hydrogen) atoms. The van der Waals surface area contributed by atoms with Crippen molar-refractivity contribution >= 4 is 17.5 Å². The summed E-state index contributed by atoms with van der Waals surface area (Å²) in [6.07, 6.45) is -3.53. The second-order valence-electron chi connectivity index (χ2n) is 4.50. The molecule has 0 saturated heterocycles. The molecule has 1 aliphatic rings. The van der Waals surface area contributed by atoms with Crippen molar-refractivity contribution in [3.63, 3.8) is 0 Å². The first-order chi connectivity index (χ1) is 10.9. The van der Waals surface area contributed by atoms with E-state index < -0.39 is 11.9 Å². The van der Waals surface area contributed by atoms with E-state index in [0.29, 0.717) is 17.1 Å². The number of ether oxygens (including phenoxy) is 2. The first-order valence-electron chi connectivity index (χ1n) is 6.39. The highest BCUT2D eigenvalue weighted by Crippen LogP contribution is 2.33. The largest absolute Gasteiger partial charge is 0.454 e. The number of hydrogen-bond acceptors (Lipinski definition) is 6. The zero-order valence-electron chi connectivity index (χ0n) is 11.5. The Hall–Kier alpha value is -2.29. The van der Waals surface area contributed by atoms with Crippen molar-refractivity contribution in [2.75, 3.05) is 12.5 Å². The van der Waals surface area contributed by atoms with Gasteiger partial charge in [-0.05, 0) is 24.3 Å². The number of halogens is 3. The molecular weight excluding hydrogens is 333 g/mol. The fourth-order valence-corrected chi connectivity index (χ4v) is 2.58. The van der Waals surface area contributed by atoms with Crippen LogP contribution in [0.5, 0.6) is 11.5 Å². The minimum absolute atomic E-state index is 0.0824. The molecule has 1 aromatic carbocycles. The van der Waals surface area contributed by atoms with E-state index in [4.69, 9.17) is 9.47 Å². The van der Waals surface area contributed by atoms with Crippen LogP contribution in [0.4, 0.5) is 13.2 Å². The van der Waals surface area contributed by atoms with Gasteiger partial charge in [-0.1, -0.05) is 11.8 Å². The lowest BCUT2D eigenvalue weighted by atomic mass is 10.1. The maximum atomic E-state index is 12.6. The molecule has 0 saturated carbocycles. The second kappa shape index (κ2) is 6.07. The summed E-state index contributed by atoms with van der Waals surface area (Å²) in [4.78, 5) is 19.2. The molecule has 9 heteroatoms. The van der Waals surface area contributed by atoms with Gasteiger partial charge in [-0.25, -0.2) is 9.97 Å². The van der Waals surface area contributed by atoms with Gasteiger partial charge in [-0.3, -0.25) is 4.79 Å². The van der Waals surface area contributed by atoms with Gasteiger partial charge in [0.2, 0.25) is 6.79 Å². The zero-order chi connectivity index (χ0) is 16.4. The van der Waals surface area contributed by atoms with Gasteiger partial charge < -0.3 is 9.47 Å². The maximum Gasteiger partial charge on any atom is 0.433 e. The van der Waals surface area contributed by atoms with Gasteiger partial charge >= 0.3 is 6.18 Å². The number of fused-ring (bicyclic) bond motifs is 1. The van der Waals surface area contributed by atoms with Crippen LogP contribution in [0.2, 0.25) is 0 Å². The maximum absolute atomic E-state index is 12.6. The monoisotopic (exact) mass is 342 g/mol. The number of aromatic nitrogens is 2. The highest BCUT2D eigenvalue weighted by atomic mass is 32.2. The molecule has 0 bridgehead atoms. The van der Waals surface area contributed by atoms with Crippen molar-refractivity contribution in [3.05, 3.63) is 41.7 Å². The Morgan fingerprint density at radius 1 is 1.22 bits per heavy atom. The molecular formula is C14H9F3N2O3S. The fourth-order valence-electron chi connectivity index (χ4n) is 1.85. The van der Waals surface area contributed by atoms with Crippen LogP contribution < -0.4 is 9.47 Å². The fraction of sp³-hybridized carbons (Fsp3) is 0.214. The Morgan fingerprint density at radius 3 is 2.78 bits per heavy atom. The van der Waals surface area contributed by atoms with E-state index in [9.17, 15) is 18.0 Å². The molecule has 0 fully saturated rings. The molecule has 5 nitrogen and oxygen atoms in total. The van der Waals surface area contributed by atoms with Crippen LogP contribution in [0, 0.1) is 0 Å². The summed E-state index contributed by atoms with van der Waals surface area (Å²) in [5, 5.41) is -0.103. The van der Waals surface area contributed by atoms with Crippen LogP contribution in [-0.4, -0.2) is 28.3 Å². The van der Waals surface area contributed by atoms with Crippen molar-refractivity contribution in [2.45, 2.75) is 11.3 Å². The summed E-state index contributed by atoms with van der Waals surface area (Å²) in [5.74, 6) is 0.668. The van der Waals surface area contributed by atoms with Crippen molar-refractivity contribution in [2.24, 2.45) is 0 Å². The van der Waals surface area contributed by atoms with Gasteiger partial charge in [-0.2, -0.15) is 13.2 Å². The number of Topliss-reactive ketones (excluding diaryl/α,β-unsaturated/α-hetero) is 1. The molecule has 2 heterocycles. The summed E-state index contributed by atoms with van der Waals surface area (Å²) in [5.41, 5.74) is -0.653. The highest BCUT2D eigenvalue weighted by molar-refractivity contribution is 7.99. The standard InChI is InChI=1S/C14H9F3N2O3S/c15-14(16,17)12-3-4-18-13(19-12)23-6-9(20)8-1-2-10-11(5-8)22-7-21-10/h1-5H,6-7H2. The van der Waals surface area contributed by atoms with Crippen molar-refractivity contribution in [3.8, 4) is 11.5 Å². The molecule has 0 N–H and O–H groups in total. The van der Waals surface area contributed by atoms with Gasteiger partial charge in [-0.15, -0.1) is 0 Å². The van der Waals surface area contributed by atoms with Gasteiger partial charge in [0.05, 0.1) is 5.75 Å². The van der Waals surface area contributed by atoms with E-state index in [1.54, 1.807) is 12.1 Å². The van der Waals surface area contributed by atoms with Gasteiger partial charge in [0, 0.05) is 11.8 Å². The number of alkyl halides is 3. The lowest BCUT2D eigenvalue weighted by Crippen LogP contribution is -2.09. The molecule has 1 aromatic heterocycles. The molecule has 3 rings (SSSR count). The third-order valence-electron chi connectivity index (χ3n) is 2.95. The third kappa shape index (κ3) is 3.55. The van der Waals surface area contributed by atoms with Crippen LogP contribution in [0.3, 0.4) is 0 Å². The zero-order valence-corrected chi connectivity index (χ0v) is 12.3. The van der Waals surface area contributed by atoms with E-state index in [1.807, 2.05) is 0 Å². The Morgan fingerprint density at radius 2 is 2.00 bits per heavy atom. The number of benzene rings is 1. The molecule has 0 spiro atoms. The molecule has 0 radical (unpaired) electrons. The number of nitrogens with zero attached hydrogens (tertiary/aromatic N) is 2. The summed E-state index contributed by atoms with van der Waals surface area (Å²) in [6.45, 7) is 0.0970. The predicted molar refractivity (Wildman–Crippen MR) is 74.7 cm³/mol. The Labute approximate surface area is 132 Å². The lowest BCUT2D eigenvalue weighted by Gasteiger charge is -2.06. The molecule has 0 unspecified atom stereocenters. The number of hydrogen-bond donors (Lipinski definition) is 0. The molecule has 1 aliphatic heterocycles. The molecule has 0 amide bonds. The Bertz CT molecular complexity index is 752. The first-order valence-corrected chi connectivity index (χ1v) is 7.38. The van der Waals surface area contributed by atoms with Gasteiger partial charge in [0.1, 0.15) is 5.69 Å². The van der Waals surface area contributed by atoms with Crippen LogP contribution in [0.15, 0.2) is 35.6 Å². The highest BCUT2D eigenvalue weighted by Gasteiger charge is 2.32. The van der Waals surface area contributed by atoms with E-state index in [2.05, 4.69) is 9.97 Å². The smallest absolute Gasteiger partial charge is 0.433 e. The predicted octanol–water partition coefficient (Wildman–Crippen LogP) is 3.20. The number of thioether (sulfide) groups is 1. The Kier molecular flexibility index (Phi) is 4.12. The summed E-state index contributed by atoms with van der Waals surface area (Å²) >= 11 is 0.843. The number of carbonyl (C=O) groups is 1. The van der Waals surface area contributed by atoms with Crippen LogP contribution in [0.1, 0.15) is 16.1 Å². The van der Waals surface area contributed by atoms with Crippen LogP contribution in [-0.2, 0) is 6.18 Å². The third-order valence-corrected chi connectivity index (χ3v) is 3.81. The van der Waals surface area contributed by atoms with E-state index >= 15 is 0 Å². The number of carbonyl (C=O) groups excluding carboxylic acids is 1. The van der Waals surface area contributed by atoms with Crippen molar-refractivity contribution in [1.82, 2.24) is 9.97 Å².